The van der Waals surface area contributed by atoms with Crippen LogP contribution in [0.3, 0.4) is 0 Å². The zero-order valence-electron chi connectivity index (χ0n) is 25.0. The average Bonchev–Trinajstić information content (AvgIpc) is 3.31. The van der Waals surface area contributed by atoms with Crippen molar-refractivity contribution in [3.8, 4) is 33.4 Å². The Kier molecular flexibility index (Phi) is 6.20. The Morgan fingerprint density at radius 3 is 1.86 bits per heavy atom. The summed E-state index contributed by atoms with van der Waals surface area (Å²) in [5, 5.41) is 2.52. The van der Waals surface area contributed by atoms with E-state index in [-0.39, 0.29) is 5.41 Å². The summed E-state index contributed by atoms with van der Waals surface area (Å²) in [4.78, 5) is 2.35. The molecular weight excluding hydrogens is 530 g/mol. The van der Waals surface area contributed by atoms with Gasteiger partial charge in [-0.05, 0) is 97.7 Å². The number of anilines is 3. The lowest BCUT2D eigenvalue weighted by molar-refractivity contribution is 0.660. The Bertz CT molecular complexity index is 2130. The first-order valence-electron chi connectivity index (χ1n) is 15.4. The second kappa shape index (κ2) is 10.4. The van der Waals surface area contributed by atoms with E-state index < -0.39 is 0 Å². The molecule has 1 heteroatoms. The number of hydrogen-bond acceptors (Lipinski definition) is 1. The van der Waals surface area contributed by atoms with Gasteiger partial charge in [-0.15, -0.1) is 0 Å². The van der Waals surface area contributed by atoms with Crippen molar-refractivity contribution in [1.82, 2.24) is 0 Å². The van der Waals surface area contributed by atoms with Gasteiger partial charge in [0.15, 0.2) is 0 Å². The lowest BCUT2D eigenvalue weighted by Crippen LogP contribution is -2.14. The molecule has 0 saturated carbocycles. The van der Waals surface area contributed by atoms with Crippen LogP contribution in [0.4, 0.5) is 17.1 Å². The molecule has 0 bridgehead atoms. The Hall–Kier alpha value is -5.40. The molecule has 0 aromatic heterocycles. The molecule has 1 aliphatic rings. The number of para-hydroxylation sites is 1. The summed E-state index contributed by atoms with van der Waals surface area (Å²) < 4.78 is 0. The fourth-order valence-electron chi connectivity index (χ4n) is 7.00. The molecule has 0 N–H and O–H groups in total. The van der Waals surface area contributed by atoms with Crippen LogP contribution in [0.25, 0.3) is 44.2 Å². The number of benzene rings is 7. The molecule has 1 aliphatic carbocycles. The van der Waals surface area contributed by atoms with Gasteiger partial charge in [0.1, 0.15) is 0 Å². The molecule has 8 rings (SSSR count). The molecule has 44 heavy (non-hydrogen) atoms. The molecule has 7 aromatic rings. The third-order valence-corrected chi connectivity index (χ3v) is 9.26. The van der Waals surface area contributed by atoms with Crippen LogP contribution in [-0.2, 0) is 5.41 Å². The lowest BCUT2D eigenvalue weighted by Gasteiger charge is -2.26. The SMILES string of the molecule is CC1(C)c2ccccc2-c2ccc(-c3ccc(N(c4ccccc4)c4cccc(-c5cccc6ccccc56)c4)cc3)cc21. The van der Waals surface area contributed by atoms with Gasteiger partial charge in [-0.3, -0.25) is 0 Å². The van der Waals surface area contributed by atoms with Crippen LogP contribution in [-0.4, -0.2) is 0 Å². The first-order chi connectivity index (χ1) is 21.6. The van der Waals surface area contributed by atoms with Crippen molar-refractivity contribution in [3.05, 3.63) is 175 Å². The average molecular weight is 564 g/mol. The predicted octanol–water partition coefficient (Wildman–Crippen LogP) is 11.9. The van der Waals surface area contributed by atoms with Crippen LogP contribution >= 0.6 is 0 Å². The van der Waals surface area contributed by atoms with Crippen molar-refractivity contribution >= 4 is 27.8 Å². The van der Waals surface area contributed by atoms with Gasteiger partial charge in [-0.25, -0.2) is 0 Å². The first kappa shape index (κ1) is 26.2. The standard InChI is InChI=1S/C43H33N/c1-43(2)41-21-9-8-19-39(41)40-27-24-32(29-42(40)43)30-22-25-35(26-23-30)44(34-15-4-3-5-16-34)36-17-10-14-33(28-36)38-20-11-13-31-12-6-7-18-37(31)38/h3-29H,1-2H3. The maximum absolute atomic E-state index is 2.40. The van der Waals surface area contributed by atoms with Gasteiger partial charge in [0.25, 0.3) is 0 Å². The zero-order valence-corrected chi connectivity index (χ0v) is 25.0. The minimum atomic E-state index is -0.0128. The van der Waals surface area contributed by atoms with Crippen LogP contribution in [0.15, 0.2) is 164 Å². The second-order valence-corrected chi connectivity index (χ2v) is 12.2. The molecule has 0 amide bonds. The van der Waals surface area contributed by atoms with Gasteiger partial charge < -0.3 is 4.90 Å². The normalized spacial score (nSPS) is 13.0. The van der Waals surface area contributed by atoms with E-state index in [1.807, 2.05) is 0 Å². The summed E-state index contributed by atoms with van der Waals surface area (Å²) in [5.74, 6) is 0. The predicted molar refractivity (Wildman–Crippen MR) is 187 cm³/mol. The van der Waals surface area contributed by atoms with Crippen LogP contribution in [0.1, 0.15) is 25.0 Å². The summed E-state index contributed by atoms with van der Waals surface area (Å²) in [6.07, 6.45) is 0. The monoisotopic (exact) mass is 563 g/mol. The Labute approximate surface area is 259 Å². The van der Waals surface area contributed by atoms with Crippen LogP contribution in [0, 0.1) is 0 Å². The van der Waals surface area contributed by atoms with Crippen molar-refractivity contribution in [3.63, 3.8) is 0 Å². The lowest BCUT2D eigenvalue weighted by atomic mass is 9.81. The number of hydrogen-bond donors (Lipinski definition) is 0. The molecule has 0 spiro atoms. The van der Waals surface area contributed by atoms with Gasteiger partial charge in [0, 0.05) is 22.5 Å². The molecule has 1 nitrogen and oxygen atoms in total. The molecule has 0 radical (unpaired) electrons. The van der Waals surface area contributed by atoms with E-state index in [1.54, 1.807) is 0 Å². The molecule has 0 fully saturated rings. The van der Waals surface area contributed by atoms with E-state index >= 15 is 0 Å². The van der Waals surface area contributed by atoms with Gasteiger partial charge in [-0.2, -0.15) is 0 Å². The second-order valence-electron chi connectivity index (χ2n) is 12.2. The van der Waals surface area contributed by atoms with Crippen molar-refractivity contribution in [2.45, 2.75) is 19.3 Å². The molecule has 0 aliphatic heterocycles. The summed E-state index contributed by atoms with van der Waals surface area (Å²) in [6.45, 7) is 4.68. The van der Waals surface area contributed by atoms with Crippen molar-refractivity contribution in [2.24, 2.45) is 0 Å². The highest BCUT2D eigenvalue weighted by atomic mass is 15.1. The number of fused-ring (bicyclic) bond motifs is 4. The van der Waals surface area contributed by atoms with Crippen LogP contribution in [0.2, 0.25) is 0 Å². The minimum Gasteiger partial charge on any atom is -0.310 e. The maximum atomic E-state index is 2.40. The molecule has 0 heterocycles. The van der Waals surface area contributed by atoms with Gasteiger partial charge in [-0.1, -0.05) is 135 Å². The van der Waals surface area contributed by atoms with Gasteiger partial charge in [0.2, 0.25) is 0 Å². The third kappa shape index (κ3) is 4.32. The molecule has 0 unspecified atom stereocenters. The Morgan fingerprint density at radius 2 is 1.00 bits per heavy atom. The fraction of sp³-hybridized carbons (Fsp3) is 0.0698. The highest BCUT2D eigenvalue weighted by molar-refractivity contribution is 5.97. The molecule has 0 atom stereocenters. The van der Waals surface area contributed by atoms with Gasteiger partial charge >= 0.3 is 0 Å². The number of nitrogens with zero attached hydrogens (tertiary/aromatic N) is 1. The summed E-state index contributed by atoms with van der Waals surface area (Å²) in [7, 11) is 0. The molecule has 7 aromatic carbocycles. The Morgan fingerprint density at radius 1 is 0.386 bits per heavy atom. The zero-order chi connectivity index (χ0) is 29.7. The number of rotatable bonds is 5. The topological polar surface area (TPSA) is 3.24 Å². The Balaban J connectivity index is 1.19. The van der Waals surface area contributed by atoms with Crippen LogP contribution in [0.5, 0.6) is 0 Å². The fourth-order valence-corrected chi connectivity index (χ4v) is 7.00. The van der Waals surface area contributed by atoms with E-state index in [0.717, 1.165) is 17.1 Å². The van der Waals surface area contributed by atoms with E-state index in [9.17, 15) is 0 Å². The summed E-state index contributed by atoms with van der Waals surface area (Å²) >= 11 is 0. The highest BCUT2D eigenvalue weighted by Gasteiger charge is 2.35. The molecule has 0 saturated heterocycles. The van der Waals surface area contributed by atoms with Crippen molar-refractivity contribution in [2.75, 3.05) is 4.90 Å². The third-order valence-electron chi connectivity index (χ3n) is 9.26. The first-order valence-corrected chi connectivity index (χ1v) is 15.4. The van der Waals surface area contributed by atoms with Gasteiger partial charge in [0.05, 0.1) is 0 Å². The van der Waals surface area contributed by atoms with E-state index in [0.29, 0.717) is 0 Å². The largest absolute Gasteiger partial charge is 0.310 e. The van der Waals surface area contributed by atoms with E-state index in [1.165, 1.54) is 55.3 Å². The van der Waals surface area contributed by atoms with Crippen LogP contribution < -0.4 is 4.90 Å². The maximum Gasteiger partial charge on any atom is 0.0467 e. The molecule has 210 valence electrons. The summed E-state index contributed by atoms with van der Waals surface area (Å²) in [6, 6.07) is 59.5. The summed E-state index contributed by atoms with van der Waals surface area (Å²) in [5.41, 5.74) is 13.8. The molecular formula is C43H33N. The van der Waals surface area contributed by atoms with Crippen molar-refractivity contribution in [1.29, 1.82) is 0 Å². The quantitative estimate of drug-likeness (QED) is 0.201. The van der Waals surface area contributed by atoms with E-state index in [2.05, 4.69) is 183 Å². The minimum absolute atomic E-state index is 0.0128. The highest BCUT2D eigenvalue weighted by Crippen LogP contribution is 2.49. The van der Waals surface area contributed by atoms with E-state index in [4.69, 9.17) is 0 Å². The smallest absolute Gasteiger partial charge is 0.0467 e. The van der Waals surface area contributed by atoms with Crippen molar-refractivity contribution < 1.29 is 0 Å².